The molecule has 0 aromatic heterocycles. The summed E-state index contributed by atoms with van der Waals surface area (Å²) in [6, 6.07) is 2.66. The zero-order valence-electron chi connectivity index (χ0n) is 11.9. The number of nitrogens with zero attached hydrogens (tertiary/aromatic N) is 1. The highest BCUT2D eigenvalue weighted by molar-refractivity contribution is 6.35. The van der Waals surface area contributed by atoms with Gasteiger partial charge in [-0.3, -0.25) is 0 Å². The number of fused-ring (bicyclic) bond motifs is 1. The number of methoxy groups -OCH3 is 1. The lowest BCUT2D eigenvalue weighted by molar-refractivity contribution is 0.0884. The number of urea groups is 1. The van der Waals surface area contributed by atoms with Gasteiger partial charge >= 0.3 is 6.03 Å². The second kappa shape index (κ2) is 6.83. The van der Waals surface area contributed by atoms with Crippen LogP contribution in [0.15, 0.2) is 12.1 Å². The summed E-state index contributed by atoms with van der Waals surface area (Å²) in [7, 11) is 3.21. The molecule has 0 saturated carbocycles. The highest BCUT2D eigenvalue weighted by Crippen LogP contribution is 2.40. The average Bonchev–Trinajstić information content (AvgIpc) is 2.74. The van der Waals surface area contributed by atoms with Crippen LogP contribution in [0.25, 0.3) is 0 Å². The van der Waals surface area contributed by atoms with E-state index in [1.807, 2.05) is 0 Å². The minimum absolute atomic E-state index is 0.278. The van der Waals surface area contributed by atoms with E-state index in [0.717, 1.165) is 11.1 Å². The number of hydrogen-bond acceptors (Lipinski definition) is 3. The smallest absolute Gasteiger partial charge is 0.317 e. The third kappa shape index (κ3) is 3.43. The number of halogens is 2. The van der Waals surface area contributed by atoms with Gasteiger partial charge in [0.2, 0.25) is 0 Å². The second-order valence-electron chi connectivity index (χ2n) is 5.01. The minimum atomic E-state index is -0.700. The summed E-state index contributed by atoms with van der Waals surface area (Å²) in [6.07, 6.45) is -0.291. The van der Waals surface area contributed by atoms with Gasteiger partial charge in [0.25, 0.3) is 0 Å². The fraction of sp³-hybridized carbons (Fsp3) is 0.500. The van der Waals surface area contributed by atoms with E-state index >= 15 is 0 Å². The Morgan fingerprint density at radius 1 is 1.52 bits per heavy atom. The van der Waals surface area contributed by atoms with Gasteiger partial charge in [0, 0.05) is 37.2 Å². The zero-order valence-corrected chi connectivity index (χ0v) is 13.4. The van der Waals surface area contributed by atoms with Gasteiger partial charge in [-0.25, -0.2) is 4.79 Å². The molecule has 0 bridgehead atoms. The van der Waals surface area contributed by atoms with Crippen LogP contribution in [0.1, 0.15) is 17.2 Å². The monoisotopic (exact) mass is 332 g/mol. The van der Waals surface area contributed by atoms with Crippen LogP contribution in [0.5, 0.6) is 0 Å². The van der Waals surface area contributed by atoms with Crippen LogP contribution >= 0.6 is 23.2 Å². The fourth-order valence-corrected chi connectivity index (χ4v) is 3.19. The number of benzene rings is 1. The molecule has 0 fully saturated rings. The molecule has 0 saturated heterocycles. The fourth-order valence-electron chi connectivity index (χ4n) is 2.61. The topological polar surface area (TPSA) is 61.8 Å². The molecule has 2 atom stereocenters. The molecule has 0 unspecified atom stereocenters. The molecule has 7 heteroatoms. The number of aliphatic hydroxyl groups is 1. The van der Waals surface area contributed by atoms with Crippen LogP contribution in [0.4, 0.5) is 4.79 Å². The summed E-state index contributed by atoms with van der Waals surface area (Å²) in [5.74, 6) is 0. The van der Waals surface area contributed by atoms with Crippen molar-refractivity contribution in [3.63, 3.8) is 0 Å². The Labute approximate surface area is 133 Å². The SMILES string of the molecule is COCCNC(=O)N(C)[C@@H]1c2cc(Cl)cc(Cl)c2C[C@@H]1O. The molecule has 1 aromatic rings. The molecule has 0 aliphatic heterocycles. The normalized spacial score (nSPS) is 20.2. The number of nitrogens with one attached hydrogen (secondary N) is 1. The Morgan fingerprint density at radius 3 is 2.90 bits per heavy atom. The Kier molecular flexibility index (Phi) is 5.32. The van der Waals surface area contributed by atoms with Crippen LogP contribution < -0.4 is 5.32 Å². The summed E-state index contributed by atoms with van der Waals surface area (Å²) in [5, 5.41) is 14.0. The number of aliphatic hydroxyl groups excluding tert-OH is 1. The molecule has 2 rings (SSSR count). The molecule has 1 aromatic carbocycles. The van der Waals surface area contributed by atoms with E-state index in [1.54, 1.807) is 26.3 Å². The first-order chi connectivity index (χ1) is 9.95. The van der Waals surface area contributed by atoms with E-state index in [4.69, 9.17) is 27.9 Å². The van der Waals surface area contributed by atoms with Gasteiger partial charge < -0.3 is 20.1 Å². The minimum Gasteiger partial charge on any atom is -0.390 e. The molecule has 5 nitrogen and oxygen atoms in total. The van der Waals surface area contributed by atoms with Gasteiger partial charge in [-0.15, -0.1) is 0 Å². The summed E-state index contributed by atoms with van der Waals surface area (Å²) >= 11 is 12.2. The summed E-state index contributed by atoms with van der Waals surface area (Å²) in [4.78, 5) is 13.6. The van der Waals surface area contributed by atoms with E-state index in [-0.39, 0.29) is 6.03 Å². The molecular formula is C14H18Cl2N2O3. The number of amides is 2. The first-order valence-electron chi connectivity index (χ1n) is 6.61. The molecule has 0 heterocycles. The number of hydrogen-bond donors (Lipinski definition) is 2. The maximum atomic E-state index is 12.1. The van der Waals surface area contributed by atoms with Gasteiger partial charge in [-0.05, 0) is 23.3 Å². The average molecular weight is 333 g/mol. The predicted molar refractivity (Wildman–Crippen MR) is 82.0 cm³/mol. The van der Waals surface area contributed by atoms with Gasteiger partial charge in [0.05, 0.1) is 18.8 Å². The number of carbonyl (C=O) groups excluding carboxylic acids is 1. The maximum Gasteiger partial charge on any atom is 0.317 e. The van der Waals surface area contributed by atoms with Crippen molar-refractivity contribution in [2.24, 2.45) is 0 Å². The van der Waals surface area contributed by atoms with Crippen LogP contribution in [-0.4, -0.2) is 49.5 Å². The van der Waals surface area contributed by atoms with E-state index in [1.165, 1.54) is 4.90 Å². The van der Waals surface area contributed by atoms with Crippen molar-refractivity contribution in [3.8, 4) is 0 Å². The lowest BCUT2D eigenvalue weighted by Crippen LogP contribution is -2.43. The van der Waals surface area contributed by atoms with E-state index < -0.39 is 12.1 Å². The molecular weight excluding hydrogens is 315 g/mol. The lowest BCUT2D eigenvalue weighted by atomic mass is 10.1. The van der Waals surface area contributed by atoms with E-state index in [0.29, 0.717) is 29.6 Å². The Morgan fingerprint density at radius 2 is 2.24 bits per heavy atom. The van der Waals surface area contributed by atoms with E-state index in [9.17, 15) is 9.90 Å². The molecule has 1 aliphatic carbocycles. The Bertz CT molecular complexity index is 539. The largest absolute Gasteiger partial charge is 0.390 e. The number of likely N-dealkylation sites (N-methyl/N-ethyl adjacent to an activating group) is 1. The first-order valence-corrected chi connectivity index (χ1v) is 7.36. The Hall–Kier alpha value is -1.01. The van der Waals surface area contributed by atoms with Crippen LogP contribution in [-0.2, 0) is 11.2 Å². The van der Waals surface area contributed by atoms with Crippen molar-refractivity contribution in [3.05, 3.63) is 33.3 Å². The van der Waals surface area contributed by atoms with Crippen molar-refractivity contribution in [2.75, 3.05) is 27.3 Å². The quantitative estimate of drug-likeness (QED) is 0.831. The number of rotatable bonds is 4. The zero-order chi connectivity index (χ0) is 15.6. The van der Waals surface area contributed by atoms with Gasteiger partial charge in [-0.2, -0.15) is 0 Å². The van der Waals surface area contributed by atoms with Crippen LogP contribution in [0, 0.1) is 0 Å². The van der Waals surface area contributed by atoms with Crippen molar-refractivity contribution in [1.82, 2.24) is 10.2 Å². The molecule has 116 valence electrons. The number of carbonyl (C=O) groups is 1. The highest BCUT2D eigenvalue weighted by atomic mass is 35.5. The molecule has 1 aliphatic rings. The predicted octanol–water partition coefficient (Wildman–Crippen LogP) is 2.24. The second-order valence-corrected chi connectivity index (χ2v) is 5.85. The van der Waals surface area contributed by atoms with Crippen LogP contribution in [0.3, 0.4) is 0 Å². The molecule has 21 heavy (non-hydrogen) atoms. The van der Waals surface area contributed by atoms with Gasteiger partial charge in [-0.1, -0.05) is 23.2 Å². The first kappa shape index (κ1) is 16.4. The van der Waals surface area contributed by atoms with Crippen molar-refractivity contribution >= 4 is 29.2 Å². The molecule has 2 N–H and O–H groups in total. The third-order valence-corrected chi connectivity index (χ3v) is 4.17. The highest BCUT2D eigenvalue weighted by Gasteiger charge is 2.37. The molecule has 0 radical (unpaired) electrons. The van der Waals surface area contributed by atoms with E-state index in [2.05, 4.69) is 5.32 Å². The van der Waals surface area contributed by atoms with Crippen molar-refractivity contribution < 1.29 is 14.6 Å². The van der Waals surface area contributed by atoms with Crippen molar-refractivity contribution in [1.29, 1.82) is 0 Å². The molecule has 0 spiro atoms. The standard InChI is InChI=1S/C14H18Cl2N2O3/c1-18(14(20)17-3-4-21-2)13-10-5-8(15)6-11(16)9(10)7-12(13)19/h5-6,12-13,19H,3-4,7H2,1-2H3,(H,17,20)/t12-,13+/m0/s1. The van der Waals surface area contributed by atoms with Gasteiger partial charge in [0.1, 0.15) is 0 Å². The summed E-state index contributed by atoms with van der Waals surface area (Å²) in [6.45, 7) is 0.840. The van der Waals surface area contributed by atoms with Crippen molar-refractivity contribution in [2.45, 2.75) is 18.6 Å². The summed E-state index contributed by atoms with van der Waals surface area (Å²) < 4.78 is 4.89. The lowest BCUT2D eigenvalue weighted by Gasteiger charge is -2.28. The number of ether oxygens (including phenoxy) is 1. The molecule has 2 amide bonds. The maximum absolute atomic E-state index is 12.1. The van der Waals surface area contributed by atoms with Crippen LogP contribution in [0.2, 0.25) is 10.0 Å². The third-order valence-electron chi connectivity index (χ3n) is 3.61. The summed E-state index contributed by atoms with van der Waals surface area (Å²) in [5.41, 5.74) is 1.64. The van der Waals surface area contributed by atoms with Gasteiger partial charge in [0.15, 0.2) is 0 Å². The Balaban J connectivity index is 2.19.